The third-order valence-electron chi connectivity index (χ3n) is 3.16. The average Bonchev–Trinajstić information content (AvgIpc) is 2.98. The Balaban J connectivity index is 1.88. The van der Waals surface area contributed by atoms with Gasteiger partial charge in [0.05, 0.1) is 19.1 Å². The number of hydrogen-bond donors (Lipinski definition) is 0. The standard InChI is InChI=1S/C16H12BrClN2O2/c1-21-14-5-3-2-4-12(14)16-20-19-15(22-16)8-10-6-7-11(17)9-13(10)18/h2-7,9H,8H2,1H3. The van der Waals surface area contributed by atoms with Crippen molar-refractivity contribution in [3.8, 4) is 17.2 Å². The molecule has 6 heteroatoms. The first-order valence-corrected chi connectivity index (χ1v) is 7.74. The van der Waals surface area contributed by atoms with Crippen molar-refractivity contribution in [3.63, 3.8) is 0 Å². The smallest absolute Gasteiger partial charge is 0.251 e. The molecule has 0 saturated heterocycles. The van der Waals surface area contributed by atoms with Crippen LogP contribution >= 0.6 is 27.5 Å². The Labute approximate surface area is 141 Å². The Bertz CT molecular complexity index is 804. The van der Waals surface area contributed by atoms with Crippen LogP contribution in [0.2, 0.25) is 5.02 Å². The van der Waals surface area contributed by atoms with Crippen LogP contribution in [-0.4, -0.2) is 17.3 Å². The molecule has 0 radical (unpaired) electrons. The van der Waals surface area contributed by atoms with Gasteiger partial charge in [-0.2, -0.15) is 0 Å². The molecule has 1 aromatic heterocycles. The van der Waals surface area contributed by atoms with Crippen LogP contribution in [0, 0.1) is 0 Å². The van der Waals surface area contributed by atoms with Crippen LogP contribution in [0.25, 0.3) is 11.5 Å². The van der Waals surface area contributed by atoms with E-state index in [9.17, 15) is 0 Å². The molecule has 0 aliphatic heterocycles. The lowest BCUT2D eigenvalue weighted by Gasteiger charge is -2.03. The number of para-hydroxylation sites is 1. The molecule has 3 aromatic rings. The summed E-state index contributed by atoms with van der Waals surface area (Å²) in [5.41, 5.74) is 1.70. The van der Waals surface area contributed by atoms with E-state index in [0.717, 1.165) is 15.6 Å². The highest BCUT2D eigenvalue weighted by molar-refractivity contribution is 9.10. The van der Waals surface area contributed by atoms with Crippen molar-refractivity contribution in [1.29, 1.82) is 0 Å². The van der Waals surface area contributed by atoms with Crippen molar-refractivity contribution >= 4 is 27.5 Å². The lowest BCUT2D eigenvalue weighted by molar-refractivity contribution is 0.413. The lowest BCUT2D eigenvalue weighted by atomic mass is 10.1. The molecular weight excluding hydrogens is 368 g/mol. The normalized spacial score (nSPS) is 10.7. The van der Waals surface area contributed by atoms with Crippen LogP contribution < -0.4 is 4.74 Å². The molecule has 0 N–H and O–H groups in total. The molecule has 4 nitrogen and oxygen atoms in total. The third kappa shape index (κ3) is 3.15. The van der Waals surface area contributed by atoms with Gasteiger partial charge >= 0.3 is 0 Å². The molecule has 0 unspecified atom stereocenters. The average molecular weight is 380 g/mol. The second-order valence-corrected chi connectivity index (χ2v) is 5.94. The summed E-state index contributed by atoms with van der Waals surface area (Å²) in [5, 5.41) is 8.83. The fourth-order valence-corrected chi connectivity index (χ4v) is 2.82. The Kier molecular flexibility index (Phi) is 4.45. The van der Waals surface area contributed by atoms with Gasteiger partial charge in [0.2, 0.25) is 5.89 Å². The summed E-state index contributed by atoms with van der Waals surface area (Å²) in [6, 6.07) is 13.2. The van der Waals surface area contributed by atoms with Crippen LogP contribution in [0.4, 0.5) is 0 Å². The lowest BCUT2D eigenvalue weighted by Crippen LogP contribution is -1.89. The highest BCUT2D eigenvalue weighted by Gasteiger charge is 2.14. The first kappa shape index (κ1) is 15.1. The number of nitrogens with zero attached hydrogens (tertiary/aromatic N) is 2. The van der Waals surface area contributed by atoms with E-state index in [4.69, 9.17) is 20.8 Å². The number of halogens is 2. The zero-order valence-electron chi connectivity index (χ0n) is 11.7. The molecule has 3 rings (SSSR count). The number of rotatable bonds is 4. The van der Waals surface area contributed by atoms with Crippen molar-refractivity contribution in [3.05, 3.63) is 63.4 Å². The first-order chi connectivity index (χ1) is 10.7. The van der Waals surface area contributed by atoms with Gasteiger partial charge in [-0.25, -0.2) is 0 Å². The van der Waals surface area contributed by atoms with Gasteiger partial charge in [-0.3, -0.25) is 0 Å². The minimum Gasteiger partial charge on any atom is -0.496 e. The summed E-state index contributed by atoms with van der Waals surface area (Å²) in [6.45, 7) is 0. The van der Waals surface area contributed by atoms with Gasteiger partial charge in [0, 0.05) is 9.50 Å². The number of benzene rings is 2. The Morgan fingerprint density at radius 3 is 2.77 bits per heavy atom. The molecule has 0 aliphatic rings. The second-order valence-electron chi connectivity index (χ2n) is 4.61. The summed E-state index contributed by atoms with van der Waals surface area (Å²) in [5.74, 6) is 1.63. The van der Waals surface area contributed by atoms with E-state index in [0.29, 0.717) is 29.0 Å². The SMILES string of the molecule is COc1ccccc1-c1nnc(Cc2ccc(Br)cc2Cl)o1. The van der Waals surface area contributed by atoms with Gasteiger partial charge < -0.3 is 9.15 Å². The zero-order valence-corrected chi connectivity index (χ0v) is 14.1. The zero-order chi connectivity index (χ0) is 15.5. The minimum atomic E-state index is 0.431. The first-order valence-electron chi connectivity index (χ1n) is 6.57. The highest BCUT2D eigenvalue weighted by atomic mass is 79.9. The van der Waals surface area contributed by atoms with Gasteiger partial charge in [0.15, 0.2) is 0 Å². The van der Waals surface area contributed by atoms with E-state index >= 15 is 0 Å². The van der Waals surface area contributed by atoms with Gasteiger partial charge in [-0.05, 0) is 29.8 Å². The topological polar surface area (TPSA) is 48.2 Å². The van der Waals surface area contributed by atoms with E-state index < -0.39 is 0 Å². The predicted octanol–water partition coefficient (Wildman–Crippen LogP) is 4.75. The van der Waals surface area contributed by atoms with Gasteiger partial charge in [-0.1, -0.05) is 45.7 Å². The number of ether oxygens (including phenoxy) is 1. The molecule has 2 aromatic carbocycles. The quantitative estimate of drug-likeness (QED) is 0.656. The van der Waals surface area contributed by atoms with Gasteiger partial charge in [0.1, 0.15) is 5.75 Å². The molecule has 0 amide bonds. The van der Waals surface area contributed by atoms with Gasteiger partial charge in [-0.15, -0.1) is 10.2 Å². The van der Waals surface area contributed by atoms with Gasteiger partial charge in [0.25, 0.3) is 5.89 Å². The summed E-state index contributed by atoms with van der Waals surface area (Å²) in [7, 11) is 1.61. The highest BCUT2D eigenvalue weighted by Crippen LogP contribution is 2.29. The maximum atomic E-state index is 6.21. The largest absolute Gasteiger partial charge is 0.496 e. The minimum absolute atomic E-state index is 0.431. The molecule has 1 heterocycles. The fourth-order valence-electron chi connectivity index (χ4n) is 2.08. The van der Waals surface area contributed by atoms with E-state index in [1.807, 2.05) is 42.5 Å². The number of aromatic nitrogens is 2. The Morgan fingerprint density at radius 2 is 2.00 bits per heavy atom. The van der Waals surface area contributed by atoms with E-state index in [2.05, 4.69) is 26.1 Å². The van der Waals surface area contributed by atoms with Crippen molar-refractivity contribution in [2.75, 3.05) is 7.11 Å². The number of methoxy groups -OCH3 is 1. The molecule has 0 saturated carbocycles. The molecular formula is C16H12BrClN2O2. The Morgan fingerprint density at radius 1 is 1.18 bits per heavy atom. The van der Waals surface area contributed by atoms with Crippen molar-refractivity contribution in [1.82, 2.24) is 10.2 Å². The summed E-state index contributed by atoms with van der Waals surface area (Å²) in [4.78, 5) is 0. The maximum absolute atomic E-state index is 6.21. The molecule has 22 heavy (non-hydrogen) atoms. The molecule has 0 bridgehead atoms. The van der Waals surface area contributed by atoms with Crippen molar-refractivity contribution in [2.24, 2.45) is 0 Å². The Hall–Kier alpha value is -1.85. The second kappa shape index (κ2) is 6.50. The van der Waals surface area contributed by atoms with Crippen LogP contribution in [0.15, 0.2) is 51.4 Å². The molecule has 0 atom stereocenters. The predicted molar refractivity (Wildman–Crippen MR) is 88.2 cm³/mol. The van der Waals surface area contributed by atoms with E-state index in [1.165, 1.54) is 0 Å². The van der Waals surface area contributed by atoms with Crippen molar-refractivity contribution < 1.29 is 9.15 Å². The van der Waals surface area contributed by atoms with Crippen LogP contribution in [0.5, 0.6) is 5.75 Å². The molecule has 0 aliphatic carbocycles. The fraction of sp³-hybridized carbons (Fsp3) is 0.125. The molecule has 112 valence electrons. The van der Waals surface area contributed by atoms with Crippen LogP contribution in [-0.2, 0) is 6.42 Å². The third-order valence-corrected chi connectivity index (χ3v) is 4.01. The number of hydrogen-bond acceptors (Lipinski definition) is 4. The maximum Gasteiger partial charge on any atom is 0.251 e. The van der Waals surface area contributed by atoms with E-state index in [1.54, 1.807) is 7.11 Å². The van der Waals surface area contributed by atoms with E-state index in [-0.39, 0.29) is 0 Å². The monoisotopic (exact) mass is 378 g/mol. The summed E-state index contributed by atoms with van der Waals surface area (Å²) >= 11 is 9.59. The molecule has 0 spiro atoms. The molecule has 0 fully saturated rings. The summed E-state index contributed by atoms with van der Waals surface area (Å²) < 4.78 is 12.0. The van der Waals surface area contributed by atoms with Crippen molar-refractivity contribution in [2.45, 2.75) is 6.42 Å². The van der Waals surface area contributed by atoms with Crippen LogP contribution in [0.3, 0.4) is 0 Å². The summed E-state index contributed by atoms with van der Waals surface area (Å²) in [6.07, 6.45) is 0.480. The van der Waals surface area contributed by atoms with Crippen LogP contribution in [0.1, 0.15) is 11.5 Å².